The van der Waals surface area contributed by atoms with Crippen molar-refractivity contribution in [3.63, 3.8) is 0 Å². The Morgan fingerprint density at radius 1 is 1.14 bits per heavy atom. The predicted molar refractivity (Wildman–Crippen MR) is 116 cm³/mol. The summed E-state index contributed by atoms with van der Waals surface area (Å²) in [5.74, 6) is 1.23. The Kier molecular flexibility index (Phi) is 6.65. The van der Waals surface area contributed by atoms with Gasteiger partial charge < -0.3 is 14.5 Å². The molecular formula is C22H26N4O2S. The van der Waals surface area contributed by atoms with Crippen molar-refractivity contribution in [3.05, 3.63) is 46.6 Å². The van der Waals surface area contributed by atoms with E-state index in [1.807, 2.05) is 49.9 Å². The lowest BCUT2D eigenvalue weighted by molar-refractivity contribution is -0.128. The van der Waals surface area contributed by atoms with Gasteiger partial charge in [-0.2, -0.15) is 5.26 Å². The van der Waals surface area contributed by atoms with Gasteiger partial charge >= 0.3 is 0 Å². The van der Waals surface area contributed by atoms with Crippen LogP contribution in [0.5, 0.6) is 5.75 Å². The number of aromatic nitrogens is 1. The number of anilines is 1. The summed E-state index contributed by atoms with van der Waals surface area (Å²) in [6.45, 7) is 8.83. The van der Waals surface area contributed by atoms with E-state index in [1.165, 1.54) is 11.8 Å². The molecule has 1 amide bonds. The largest absolute Gasteiger partial charge is 0.497 e. The first kappa shape index (κ1) is 21.0. The molecule has 152 valence electrons. The fourth-order valence-electron chi connectivity index (χ4n) is 3.38. The molecule has 1 saturated heterocycles. The van der Waals surface area contributed by atoms with Crippen molar-refractivity contribution in [2.75, 3.05) is 43.9 Å². The molecule has 0 atom stereocenters. The molecule has 3 rings (SSSR count). The molecule has 1 aliphatic heterocycles. The Balaban J connectivity index is 1.57. The third-order valence-electron chi connectivity index (χ3n) is 5.48. The summed E-state index contributed by atoms with van der Waals surface area (Å²) in [4.78, 5) is 21.4. The molecule has 1 aromatic carbocycles. The molecule has 0 saturated carbocycles. The molecule has 0 N–H and O–H groups in total. The maximum absolute atomic E-state index is 12.7. The number of rotatable bonds is 5. The second kappa shape index (κ2) is 9.19. The Bertz CT molecular complexity index is 929. The molecule has 0 spiro atoms. The lowest BCUT2D eigenvalue weighted by Gasteiger charge is -2.36. The molecule has 0 unspecified atom stereocenters. The highest BCUT2D eigenvalue weighted by atomic mass is 32.2. The van der Waals surface area contributed by atoms with Gasteiger partial charge in [0, 0.05) is 37.6 Å². The minimum atomic E-state index is 0.0888. The fraction of sp³-hybridized carbons (Fsp3) is 0.409. The Morgan fingerprint density at radius 2 is 1.79 bits per heavy atom. The highest BCUT2D eigenvalue weighted by molar-refractivity contribution is 8.00. The number of methoxy groups -OCH3 is 1. The van der Waals surface area contributed by atoms with Crippen molar-refractivity contribution in [2.45, 2.75) is 25.8 Å². The van der Waals surface area contributed by atoms with Gasteiger partial charge in [0.05, 0.1) is 18.4 Å². The van der Waals surface area contributed by atoms with Crippen LogP contribution in [0.15, 0.2) is 29.3 Å². The number of ether oxygens (including phenoxy) is 1. The lowest BCUT2D eigenvalue weighted by Crippen LogP contribution is -2.49. The molecule has 1 fully saturated rings. The first-order valence-electron chi connectivity index (χ1n) is 9.62. The molecular weight excluding hydrogens is 384 g/mol. The van der Waals surface area contributed by atoms with Gasteiger partial charge in [0.25, 0.3) is 0 Å². The molecule has 1 aliphatic rings. The van der Waals surface area contributed by atoms with Crippen molar-refractivity contribution in [1.82, 2.24) is 9.88 Å². The zero-order valence-electron chi connectivity index (χ0n) is 17.4. The summed E-state index contributed by atoms with van der Waals surface area (Å²) in [6.07, 6.45) is 0. The van der Waals surface area contributed by atoms with E-state index < -0.39 is 0 Å². The van der Waals surface area contributed by atoms with Crippen LogP contribution in [0, 0.1) is 32.1 Å². The number of nitrogens with zero attached hydrogens (tertiary/aromatic N) is 4. The van der Waals surface area contributed by atoms with Crippen LogP contribution in [0.25, 0.3) is 0 Å². The van der Waals surface area contributed by atoms with Gasteiger partial charge in [-0.1, -0.05) is 11.8 Å². The quantitative estimate of drug-likeness (QED) is 0.705. The van der Waals surface area contributed by atoms with Crippen LogP contribution in [0.3, 0.4) is 0 Å². The van der Waals surface area contributed by atoms with E-state index in [0.717, 1.165) is 41.3 Å². The van der Waals surface area contributed by atoms with Gasteiger partial charge in [0.1, 0.15) is 16.8 Å². The topological polar surface area (TPSA) is 69.5 Å². The number of aryl methyl sites for hydroxylation is 1. The van der Waals surface area contributed by atoms with E-state index in [4.69, 9.17) is 4.74 Å². The van der Waals surface area contributed by atoms with Crippen LogP contribution < -0.4 is 9.64 Å². The number of pyridine rings is 1. The average Bonchev–Trinajstić information content (AvgIpc) is 2.76. The monoisotopic (exact) mass is 410 g/mol. The van der Waals surface area contributed by atoms with Crippen LogP contribution in [0.2, 0.25) is 0 Å². The van der Waals surface area contributed by atoms with E-state index in [9.17, 15) is 10.1 Å². The predicted octanol–water partition coefficient (Wildman–Crippen LogP) is 3.33. The zero-order chi connectivity index (χ0) is 21.0. The number of carbonyl (C=O) groups is 1. The summed E-state index contributed by atoms with van der Waals surface area (Å²) < 4.78 is 5.21. The fourth-order valence-corrected chi connectivity index (χ4v) is 4.36. The van der Waals surface area contributed by atoms with Gasteiger partial charge in [-0.25, -0.2) is 4.98 Å². The van der Waals surface area contributed by atoms with E-state index >= 15 is 0 Å². The number of piperazine rings is 1. The van der Waals surface area contributed by atoms with E-state index in [-0.39, 0.29) is 5.91 Å². The first-order valence-corrected chi connectivity index (χ1v) is 10.6. The standard InChI is InChI=1S/C22H26N4O2S/c1-15-16(2)20(13-23)22(24-17(15)3)29-14-21(27)26-11-9-25(10-12-26)18-5-7-19(28-4)8-6-18/h5-8H,9-12,14H2,1-4H3. The van der Waals surface area contributed by atoms with Gasteiger partial charge in [-0.15, -0.1) is 0 Å². The molecule has 6 nitrogen and oxygen atoms in total. The summed E-state index contributed by atoms with van der Waals surface area (Å²) in [5, 5.41) is 10.1. The van der Waals surface area contributed by atoms with Gasteiger partial charge in [0.2, 0.25) is 5.91 Å². The summed E-state index contributed by atoms with van der Waals surface area (Å²) in [7, 11) is 1.66. The van der Waals surface area contributed by atoms with Crippen LogP contribution in [0.4, 0.5) is 5.69 Å². The summed E-state index contributed by atoms with van der Waals surface area (Å²) >= 11 is 1.36. The molecule has 2 heterocycles. The Labute approximate surface area is 176 Å². The highest BCUT2D eigenvalue weighted by Gasteiger charge is 2.22. The van der Waals surface area contributed by atoms with Crippen LogP contribution >= 0.6 is 11.8 Å². The summed E-state index contributed by atoms with van der Waals surface area (Å²) in [5.41, 5.74) is 4.61. The number of thioether (sulfide) groups is 1. The molecule has 2 aromatic rings. The Morgan fingerprint density at radius 3 is 2.38 bits per heavy atom. The average molecular weight is 411 g/mol. The number of hydrogen-bond acceptors (Lipinski definition) is 6. The maximum atomic E-state index is 12.7. The molecule has 29 heavy (non-hydrogen) atoms. The molecule has 1 aromatic heterocycles. The Hall–Kier alpha value is -2.72. The smallest absolute Gasteiger partial charge is 0.233 e. The van der Waals surface area contributed by atoms with Crippen LogP contribution in [-0.4, -0.2) is 54.8 Å². The van der Waals surface area contributed by atoms with Gasteiger partial charge in [0.15, 0.2) is 0 Å². The second-order valence-electron chi connectivity index (χ2n) is 7.09. The normalized spacial score (nSPS) is 13.9. The van der Waals surface area contributed by atoms with Crippen molar-refractivity contribution >= 4 is 23.4 Å². The number of benzene rings is 1. The third kappa shape index (κ3) is 4.65. The van der Waals surface area contributed by atoms with E-state index in [0.29, 0.717) is 29.4 Å². The van der Waals surface area contributed by atoms with Crippen LogP contribution in [0.1, 0.15) is 22.4 Å². The number of nitriles is 1. The minimum Gasteiger partial charge on any atom is -0.497 e. The van der Waals surface area contributed by atoms with E-state index in [2.05, 4.69) is 16.0 Å². The summed E-state index contributed by atoms with van der Waals surface area (Å²) in [6, 6.07) is 10.2. The van der Waals surface area contributed by atoms with Crippen molar-refractivity contribution in [2.24, 2.45) is 0 Å². The van der Waals surface area contributed by atoms with Crippen LogP contribution in [-0.2, 0) is 4.79 Å². The van der Waals surface area contributed by atoms with Gasteiger partial charge in [-0.05, 0) is 56.2 Å². The highest BCUT2D eigenvalue weighted by Crippen LogP contribution is 2.27. The minimum absolute atomic E-state index is 0.0888. The molecule has 7 heteroatoms. The lowest BCUT2D eigenvalue weighted by atomic mass is 10.1. The molecule has 0 aliphatic carbocycles. The number of carbonyl (C=O) groups excluding carboxylic acids is 1. The first-order chi connectivity index (χ1) is 13.9. The third-order valence-corrected chi connectivity index (χ3v) is 6.44. The van der Waals surface area contributed by atoms with Crippen molar-refractivity contribution in [1.29, 1.82) is 5.26 Å². The van der Waals surface area contributed by atoms with Gasteiger partial charge in [-0.3, -0.25) is 4.79 Å². The zero-order valence-corrected chi connectivity index (χ0v) is 18.2. The number of hydrogen-bond donors (Lipinski definition) is 0. The van der Waals surface area contributed by atoms with Crippen molar-refractivity contribution in [3.8, 4) is 11.8 Å². The number of amides is 1. The molecule has 0 radical (unpaired) electrons. The maximum Gasteiger partial charge on any atom is 0.233 e. The SMILES string of the molecule is COc1ccc(N2CCN(C(=O)CSc3nc(C)c(C)c(C)c3C#N)CC2)cc1. The molecule has 0 bridgehead atoms. The van der Waals surface area contributed by atoms with Crippen molar-refractivity contribution < 1.29 is 9.53 Å². The second-order valence-corrected chi connectivity index (χ2v) is 8.06. The van der Waals surface area contributed by atoms with E-state index in [1.54, 1.807) is 7.11 Å².